The van der Waals surface area contributed by atoms with Crippen molar-refractivity contribution in [3.8, 4) is 0 Å². The fourth-order valence-corrected chi connectivity index (χ4v) is 4.33. The monoisotopic (exact) mass is 468 g/mol. The molecule has 0 saturated carbocycles. The molecule has 3 aromatic carbocycles. The lowest BCUT2D eigenvalue weighted by Gasteiger charge is -2.27. The fraction of sp³-hybridized carbons (Fsp3) is 0.148. The summed E-state index contributed by atoms with van der Waals surface area (Å²) in [5.74, 6) is -1.38. The fourth-order valence-electron chi connectivity index (χ4n) is 4.33. The number of benzene rings is 3. The van der Waals surface area contributed by atoms with Gasteiger partial charge in [0.1, 0.15) is 0 Å². The highest BCUT2D eigenvalue weighted by atomic mass is 16.4. The van der Waals surface area contributed by atoms with Crippen LogP contribution in [0.25, 0.3) is 11.3 Å². The van der Waals surface area contributed by atoms with Crippen molar-refractivity contribution in [2.24, 2.45) is 0 Å². The van der Waals surface area contributed by atoms with E-state index in [9.17, 15) is 19.5 Å². The van der Waals surface area contributed by atoms with Gasteiger partial charge in [-0.3, -0.25) is 9.59 Å². The van der Waals surface area contributed by atoms with Crippen LogP contribution in [0.2, 0.25) is 0 Å². The van der Waals surface area contributed by atoms with Crippen LogP contribution in [-0.2, 0) is 4.79 Å². The van der Waals surface area contributed by atoms with Gasteiger partial charge in [0.25, 0.3) is 11.8 Å². The minimum absolute atomic E-state index is 0.00183. The second kappa shape index (κ2) is 9.44. The quantitative estimate of drug-likeness (QED) is 0.428. The first-order chi connectivity index (χ1) is 17.0. The Hall–Kier alpha value is -4.43. The Morgan fingerprint density at radius 2 is 1.54 bits per heavy atom. The SMILES string of the molecule is O=C1Nc2cc(C(=O)O)ccc2/C1=C(/Nc1ccc(C(=O)N2CCNCC2)cc1)c1ccccc1. The summed E-state index contributed by atoms with van der Waals surface area (Å²) in [5, 5.41) is 18.7. The van der Waals surface area contributed by atoms with Crippen LogP contribution in [-0.4, -0.2) is 54.0 Å². The third-order valence-corrected chi connectivity index (χ3v) is 6.13. The normalized spacial score (nSPS) is 16.3. The molecule has 0 aliphatic carbocycles. The van der Waals surface area contributed by atoms with Gasteiger partial charge in [-0.1, -0.05) is 36.4 Å². The molecule has 2 amide bonds. The van der Waals surface area contributed by atoms with E-state index < -0.39 is 5.97 Å². The topological polar surface area (TPSA) is 111 Å². The first kappa shape index (κ1) is 22.4. The van der Waals surface area contributed by atoms with Gasteiger partial charge in [0, 0.05) is 43.0 Å². The van der Waals surface area contributed by atoms with E-state index in [1.807, 2.05) is 47.4 Å². The maximum absolute atomic E-state index is 13.0. The molecule has 176 valence electrons. The molecule has 2 aliphatic rings. The van der Waals surface area contributed by atoms with Crippen molar-refractivity contribution in [1.82, 2.24) is 10.2 Å². The van der Waals surface area contributed by atoms with Gasteiger partial charge in [-0.05, 0) is 42.0 Å². The van der Waals surface area contributed by atoms with Crippen molar-refractivity contribution in [3.05, 3.63) is 95.1 Å². The van der Waals surface area contributed by atoms with Crippen molar-refractivity contribution < 1.29 is 19.5 Å². The molecule has 35 heavy (non-hydrogen) atoms. The minimum atomic E-state index is -1.06. The predicted octanol–water partition coefficient (Wildman–Crippen LogP) is 3.36. The Balaban J connectivity index is 1.50. The highest BCUT2D eigenvalue weighted by Crippen LogP contribution is 2.38. The number of carbonyl (C=O) groups is 3. The maximum atomic E-state index is 13.0. The summed E-state index contributed by atoms with van der Waals surface area (Å²) >= 11 is 0. The molecule has 0 atom stereocenters. The van der Waals surface area contributed by atoms with E-state index in [2.05, 4.69) is 16.0 Å². The molecular weight excluding hydrogens is 444 g/mol. The van der Waals surface area contributed by atoms with Crippen molar-refractivity contribution in [2.45, 2.75) is 0 Å². The summed E-state index contributed by atoms with van der Waals surface area (Å²) in [5.41, 5.74) is 4.32. The van der Waals surface area contributed by atoms with Crippen molar-refractivity contribution in [2.75, 3.05) is 36.8 Å². The molecule has 0 unspecified atom stereocenters. The lowest BCUT2D eigenvalue weighted by molar-refractivity contribution is -0.110. The Bertz CT molecular complexity index is 1330. The number of hydrogen-bond donors (Lipinski definition) is 4. The average molecular weight is 469 g/mol. The van der Waals surface area contributed by atoms with Gasteiger partial charge in [0.15, 0.2) is 0 Å². The van der Waals surface area contributed by atoms with Crippen LogP contribution in [0.3, 0.4) is 0 Å². The van der Waals surface area contributed by atoms with Gasteiger partial charge >= 0.3 is 5.97 Å². The van der Waals surface area contributed by atoms with E-state index in [4.69, 9.17) is 0 Å². The zero-order chi connectivity index (χ0) is 24.4. The first-order valence-electron chi connectivity index (χ1n) is 11.4. The molecule has 0 aromatic heterocycles. The summed E-state index contributed by atoms with van der Waals surface area (Å²) in [6, 6.07) is 21.2. The number of fused-ring (bicyclic) bond motifs is 1. The molecule has 8 heteroatoms. The van der Waals surface area contributed by atoms with E-state index in [0.29, 0.717) is 41.2 Å². The Morgan fingerprint density at radius 1 is 0.857 bits per heavy atom. The Morgan fingerprint density at radius 3 is 2.23 bits per heavy atom. The molecule has 0 spiro atoms. The zero-order valence-corrected chi connectivity index (χ0v) is 18.9. The van der Waals surface area contributed by atoms with Gasteiger partial charge < -0.3 is 26.0 Å². The average Bonchev–Trinajstić information content (AvgIpc) is 3.23. The minimum Gasteiger partial charge on any atom is -0.478 e. The summed E-state index contributed by atoms with van der Waals surface area (Å²) in [6.45, 7) is 2.94. The number of anilines is 2. The molecule has 2 heterocycles. The number of hydrogen-bond acceptors (Lipinski definition) is 5. The highest BCUT2D eigenvalue weighted by molar-refractivity contribution is 6.37. The molecule has 2 aliphatic heterocycles. The van der Waals surface area contributed by atoms with Crippen molar-refractivity contribution >= 4 is 40.4 Å². The molecule has 1 fully saturated rings. The van der Waals surface area contributed by atoms with Gasteiger partial charge in [0.2, 0.25) is 0 Å². The van der Waals surface area contributed by atoms with Gasteiger partial charge in [-0.2, -0.15) is 0 Å². The summed E-state index contributed by atoms with van der Waals surface area (Å²) in [7, 11) is 0. The number of amides is 2. The molecule has 1 saturated heterocycles. The summed E-state index contributed by atoms with van der Waals surface area (Å²) in [4.78, 5) is 39.0. The number of aromatic carboxylic acids is 1. The maximum Gasteiger partial charge on any atom is 0.335 e. The van der Waals surface area contributed by atoms with Crippen LogP contribution in [0.15, 0.2) is 72.8 Å². The standard InChI is InChI=1S/C27H24N4O4/c32-25-23(21-11-8-19(27(34)35)16-22(21)30-25)24(17-4-2-1-3-5-17)29-20-9-6-18(7-10-20)26(33)31-14-12-28-13-15-31/h1-11,16,28-29H,12-15H2,(H,30,32)(H,34,35)/b24-23-. The smallest absolute Gasteiger partial charge is 0.335 e. The van der Waals surface area contributed by atoms with E-state index >= 15 is 0 Å². The first-order valence-corrected chi connectivity index (χ1v) is 11.4. The molecule has 0 bridgehead atoms. The number of carboxylic acids is 1. The van der Waals surface area contributed by atoms with E-state index in [1.54, 1.807) is 18.2 Å². The van der Waals surface area contributed by atoms with Crippen molar-refractivity contribution in [3.63, 3.8) is 0 Å². The second-order valence-electron chi connectivity index (χ2n) is 8.38. The van der Waals surface area contributed by atoms with E-state index in [-0.39, 0.29) is 17.4 Å². The van der Waals surface area contributed by atoms with Crippen LogP contribution < -0.4 is 16.0 Å². The Labute approximate surface area is 202 Å². The molecule has 3 aromatic rings. The van der Waals surface area contributed by atoms with Gasteiger partial charge in [0.05, 0.1) is 22.5 Å². The number of piperazine rings is 1. The van der Waals surface area contributed by atoms with E-state index in [1.165, 1.54) is 12.1 Å². The second-order valence-corrected chi connectivity index (χ2v) is 8.38. The molecule has 5 rings (SSSR count). The molecule has 8 nitrogen and oxygen atoms in total. The number of nitrogens with zero attached hydrogens (tertiary/aromatic N) is 1. The van der Waals surface area contributed by atoms with E-state index in [0.717, 1.165) is 24.3 Å². The van der Waals surface area contributed by atoms with Crippen LogP contribution in [0.5, 0.6) is 0 Å². The molecule has 0 radical (unpaired) electrons. The number of rotatable bonds is 5. The summed E-state index contributed by atoms with van der Waals surface area (Å²) in [6.07, 6.45) is 0. The third-order valence-electron chi connectivity index (χ3n) is 6.13. The summed E-state index contributed by atoms with van der Waals surface area (Å²) < 4.78 is 0. The lowest BCUT2D eigenvalue weighted by atomic mass is 9.99. The molecule has 4 N–H and O–H groups in total. The zero-order valence-electron chi connectivity index (χ0n) is 18.9. The largest absolute Gasteiger partial charge is 0.478 e. The van der Waals surface area contributed by atoms with Crippen LogP contribution in [0.1, 0.15) is 31.8 Å². The molecular formula is C27H24N4O4. The van der Waals surface area contributed by atoms with Gasteiger partial charge in [-0.15, -0.1) is 0 Å². The van der Waals surface area contributed by atoms with Crippen LogP contribution >= 0.6 is 0 Å². The Kier molecular flexibility index (Phi) is 6.03. The number of nitrogens with one attached hydrogen (secondary N) is 3. The third kappa shape index (κ3) is 4.51. The lowest BCUT2D eigenvalue weighted by Crippen LogP contribution is -2.46. The highest BCUT2D eigenvalue weighted by Gasteiger charge is 2.29. The predicted molar refractivity (Wildman–Crippen MR) is 134 cm³/mol. The number of carbonyl (C=O) groups excluding carboxylic acids is 2. The van der Waals surface area contributed by atoms with Crippen LogP contribution in [0.4, 0.5) is 11.4 Å². The van der Waals surface area contributed by atoms with Crippen LogP contribution in [0, 0.1) is 0 Å². The van der Waals surface area contributed by atoms with Crippen molar-refractivity contribution in [1.29, 1.82) is 0 Å². The number of carboxylic acid groups (broad SMARTS) is 1. The van der Waals surface area contributed by atoms with Gasteiger partial charge in [-0.25, -0.2) is 4.79 Å².